The summed E-state index contributed by atoms with van der Waals surface area (Å²) in [6.07, 6.45) is 1.41. The molecule has 0 unspecified atom stereocenters. The molecule has 0 atom stereocenters. The summed E-state index contributed by atoms with van der Waals surface area (Å²) in [5.74, 6) is -0.543. The summed E-state index contributed by atoms with van der Waals surface area (Å²) < 4.78 is 26.2. The average molecular weight is 333 g/mol. The van der Waals surface area contributed by atoms with Crippen LogP contribution in [0.3, 0.4) is 0 Å². The van der Waals surface area contributed by atoms with Gasteiger partial charge in [0.2, 0.25) is 5.91 Å². The first-order valence-electron chi connectivity index (χ1n) is 7.57. The monoisotopic (exact) mass is 333 g/mol. The Morgan fingerprint density at radius 3 is 2.50 bits per heavy atom. The fraction of sp³-hybridized carbons (Fsp3) is 0.312. The summed E-state index contributed by atoms with van der Waals surface area (Å²) in [7, 11) is 0. The highest BCUT2D eigenvalue weighted by Gasteiger charge is 2.19. The molecule has 2 aromatic rings. The van der Waals surface area contributed by atoms with Crippen LogP contribution in [0.15, 0.2) is 30.6 Å². The van der Waals surface area contributed by atoms with Crippen LogP contribution in [-0.4, -0.2) is 47.0 Å². The van der Waals surface area contributed by atoms with Crippen LogP contribution in [0, 0.1) is 11.6 Å². The van der Waals surface area contributed by atoms with Gasteiger partial charge in [0.05, 0.1) is 0 Å². The predicted molar refractivity (Wildman–Crippen MR) is 86.1 cm³/mol. The molecule has 0 bridgehead atoms. The van der Waals surface area contributed by atoms with Gasteiger partial charge in [-0.1, -0.05) is 0 Å². The predicted octanol–water partition coefficient (Wildman–Crippen LogP) is 2.17. The van der Waals surface area contributed by atoms with E-state index in [0.29, 0.717) is 37.7 Å². The van der Waals surface area contributed by atoms with E-state index in [9.17, 15) is 13.6 Å². The minimum Gasteiger partial charge on any atom is -0.353 e. The van der Waals surface area contributed by atoms with Crippen molar-refractivity contribution in [3.63, 3.8) is 0 Å². The Morgan fingerprint density at radius 1 is 1.08 bits per heavy atom. The van der Waals surface area contributed by atoms with E-state index in [2.05, 4.69) is 20.2 Å². The molecular formula is C16H17F2N5O. The molecule has 1 aliphatic rings. The molecule has 1 amide bonds. The minimum atomic E-state index is -0.922. The fourth-order valence-corrected chi connectivity index (χ4v) is 2.56. The van der Waals surface area contributed by atoms with E-state index < -0.39 is 11.6 Å². The summed E-state index contributed by atoms with van der Waals surface area (Å²) in [6.45, 7) is 4.21. The van der Waals surface area contributed by atoms with E-state index in [4.69, 9.17) is 0 Å². The lowest BCUT2D eigenvalue weighted by Crippen LogP contribution is -2.48. The number of piperazine rings is 1. The third-order valence-corrected chi connectivity index (χ3v) is 3.89. The highest BCUT2D eigenvalue weighted by atomic mass is 19.2. The van der Waals surface area contributed by atoms with E-state index in [1.165, 1.54) is 12.4 Å². The lowest BCUT2D eigenvalue weighted by molar-refractivity contribution is -0.129. The zero-order chi connectivity index (χ0) is 17.1. The summed E-state index contributed by atoms with van der Waals surface area (Å²) >= 11 is 0. The number of halogens is 2. The van der Waals surface area contributed by atoms with Gasteiger partial charge in [0.1, 0.15) is 18.0 Å². The van der Waals surface area contributed by atoms with Crippen molar-refractivity contribution in [2.45, 2.75) is 6.92 Å². The van der Waals surface area contributed by atoms with Gasteiger partial charge in [0, 0.05) is 50.9 Å². The number of nitrogens with one attached hydrogen (secondary N) is 1. The van der Waals surface area contributed by atoms with Crippen LogP contribution in [-0.2, 0) is 4.79 Å². The van der Waals surface area contributed by atoms with Gasteiger partial charge < -0.3 is 15.1 Å². The van der Waals surface area contributed by atoms with Crippen LogP contribution in [0.1, 0.15) is 6.92 Å². The number of benzene rings is 1. The Labute approximate surface area is 138 Å². The molecule has 0 saturated carbocycles. The molecular weight excluding hydrogens is 316 g/mol. The van der Waals surface area contributed by atoms with Gasteiger partial charge in [-0.15, -0.1) is 0 Å². The molecule has 1 aromatic carbocycles. The minimum absolute atomic E-state index is 0.0676. The maximum atomic E-state index is 13.3. The lowest BCUT2D eigenvalue weighted by Gasteiger charge is -2.34. The summed E-state index contributed by atoms with van der Waals surface area (Å²) in [4.78, 5) is 23.5. The van der Waals surface area contributed by atoms with E-state index in [0.717, 1.165) is 18.0 Å². The number of aromatic nitrogens is 2. The molecule has 8 heteroatoms. The van der Waals surface area contributed by atoms with Gasteiger partial charge in [-0.05, 0) is 12.1 Å². The third-order valence-electron chi connectivity index (χ3n) is 3.89. The normalized spacial score (nSPS) is 14.6. The van der Waals surface area contributed by atoms with E-state index >= 15 is 0 Å². The second-order valence-corrected chi connectivity index (χ2v) is 5.51. The van der Waals surface area contributed by atoms with Crippen molar-refractivity contribution in [2.75, 3.05) is 36.4 Å². The Bertz CT molecular complexity index is 747. The molecule has 0 spiro atoms. The standard InChI is InChI=1S/C16H17F2N5O/c1-11(24)22-4-6-23(7-5-22)16-9-15(19-10-20-16)21-12-2-3-13(17)14(18)8-12/h2-3,8-10H,4-7H2,1H3,(H,19,20,21). The maximum Gasteiger partial charge on any atom is 0.219 e. The molecule has 1 aromatic heterocycles. The molecule has 0 aliphatic carbocycles. The van der Waals surface area contributed by atoms with Gasteiger partial charge in [-0.25, -0.2) is 18.7 Å². The van der Waals surface area contributed by atoms with Gasteiger partial charge in [-0.3, -0.25) is 4.79 Å². The Balaban J connectivity index is 1.70. The van der Waals surface area contributed by atoms with Crippen LogP contribution >= 0.6 is 0 Å². The SMILES string of the molecule is CC(=O)N1CCN(c2cc(Nc3ccc(F)c(F)c3)ncn2)CC1. The Kier molecular flexibility index (Phi) is 4.54. The van der Waals surface area contributed by atoms with E-state index in [1.54, 1.807) is 17.9 Å². The molecule has 1 saturated heterocycles. The molecule has 1 fully saturated rings. The molecule has 24 heavy (non-hydrogen) atoms. The van der Waals surface area contributed by atoms with E-state index in [-0.39, 0.29) is 5.91 Å². The quantitative estimate of drug-likeness (QED) is 0.933. The van der Waals surface area contributed by atoms with Crippen LogP contribution in [0.4, 0.5) is 26.1 Å². The number of anilines is 3. The summed E-state index contributed by atoms with van der Waals surface area (Å²) in [5, 5.41) is 2.93. The van der Waals surface area contributed by atoms with Crippen LogP contribution in [0.5, 0.6) is 0 Å². The molecule has 0 radical (unpaired) electrons. The molecule has 1 N–H and O–H groups in total. The first kappa shape index (κ1) is 16.1. The number of amides is 1. The number of carbonyl (C=O) groups excluding carboxylic acids is 1. The van der Waals surface area contributed by atoms with Crippen LogP contribution in [0.2, 0.25) is 0 Å². The van der Waals surface area contributed by atoms with Crippen molar-refractivity contribution in [3.05, 3.63) is 42.2 Å². The highest BCUT2D eigenvalue weighted by molar-refractivity contribution is 5.73. The number of hydrogen-bond donors (Lipinski definition) is 1. The van der Waals surface area contributed by atoms with Gasteiger partial charge in [-0.2, -0.15) is 0 Å². The fourth-order valence-electron chi connectivity index (χ4n) is 2.56. The molecule has 126 valence electrons. The number of hydrogen-bond acceptors (Lipinski definition) is 5. The number of rotatable bonds is 3. The van der Waals surface area contributed by atoms with Crippen molar-refractivity contribution in [3.8, 4) is 0 Å². The van der Waals surface area contributed by atoms with Crippen molar-refractivity contribution in [1.82, 2.24) is 14.9 Å². The smallest absolute Gasteiger partial charge is 0.219 e. The van der Waals surface area contributed by atoms with Gasteiger partial charge in [0.15, 0.2) is 11.6 Å². The van der Waals surface area contributed by atoms with Gasteiger partial charge in [0.25, 0.3) is 0 Å². The summed E-state index contributed by atoms with van der Waals surface area (Å²) in [5.41, 5.74) is 0.403. The highest BCUT2D eigenvalue weighted by Crippen LogP contribution is 2.21. The maximum absolute atomic E-state index is 13.3. The average Bonchev–Trinajstić information content (AvgIpc) is 2.58. The molecule has 1 aliphatic heterocycles. The second kappa shape index (κ2) is 6.77. The van der Waals surface area contributed by atoms with Gasteiger partial charge >= 0.3 is 0 Å². The number of nitrogens with zero attached hydrogens (tertiary/aromatic N) is 4. The molecule has 2 heterocycles. The molecule has 3 rings (SSSR count). The zero-order valence-electron chi connectivity index (χ0n) is 13.2. The topological polar surface area (TPSA) is 61.4 Å². The van der Waals surface area contributed by atoms with Crippen molar-refractivity contribution < 1.29 is 13.6 Å². The number of carbonyl (C=O) groups is 1. The van der Waals surface area contributed by atoms with Crippen molar-refractivity contribution in [1.29, 1.82) is 0 Å². The third kappa shape index (κ3) is 3.58. The Morgan fingerprint density at radius 2 is 1.83 bits per heavy atom. The first-order chi connectivity index (χ1) is 11.5. The molecule has 6 nitrogen and oxygen atoms in total. The van der Waals surface area contributed by atoms with Crippen LogP contribution in [0.25, 0.3) is 0 Å². The Hall–Kier alpha value is -2.77. The van der Waals surface area contributed by atoms with Crippen LogP contribution < -0.4 is 10.2 Å². The van der Waals surface area contributed by atoms with E-state index in [1.807, 2.05) is 0 Å². The second-order valence-electron chi connectivity index (χ2n) is 5.51. The first-order valence-corrected chi connectivity index (χ1v) is 7.57. The largest absolute Gasteiger partial charge is 0.353 e. The lowest BCUT2D eigenvalue weighted by atomic mass is 10.3. The summed E-state index contributed by atoms with van der Waals surface area (Å²) in [6, 6.07) is 5.31. The van der Waals surface area contributed by atoms with Crippen molar-refractivity contribution >= 4 is 23.2 Å². The van der Waals surface area contributed by atoms with Crippen molar-refractivity contribution in [2.24, 2.45) is 0 Å². The zero-order valence-corrected chi connectivity index (χ0v) is 13.2.